The Kier molecular flexibility index (Phi) is 4.94. The van der Waals surface area contributed by atoms with E-state index in [0.29, 0.717) is 21.3 Å². The molecule has 108 valence electrons. The maximum Gasteiger partial charge on any atom is 0.272 e. The van der Waals surface area contributed by atoms with Crippen molar-refractivity contribution in [2.75, 3.05) is 7.11 Å². The number of nitrogens with one attached hydrogen (secondary N) is 1. The van der Waals surface area contributed by atoms with E-state index in [4.69, 9.17) is 4.74 Å². The van der Waals surface area contributed by atoms with Gasteiger partial charge in [0.15, 0.2) is 11.5 Å². The number of carbonyl (C=O) groups excluding carboxylic acids is 1. The van der Waals surface area contributed by atoms with Crippen molar-refractivity contribution in [1.82, 2.24) is 5.43 Å². The first-order valence-electron chi connectivity index (χ1n) is 6.06. The maximum absolute atomic E-state index is 11.9. The van der Waals surface area contributed by atoms with Crippen LogP contribution in [0.25, 0.3) is 0 Å². The minimum absolute atomic E-state index is 0.0126. The van der Waals surface area contributed by atoms with Crippen LogP contribution >= 0.6 is 15.9 Å². The summed E-state index contributed by atoms with van der Waals surface area (Å²) in [6.07, 6.45) is 1.44. The molecule has 0 atom stereocenters. The van der Waals surface area contributed by atoms with Crippen molar-refractivity contribution >= 4 is 28.1 Å². The molecule has 0 aliphatic carbocycles. The van der Waals surface area contributed by atoms with E-state index in [1.54, 1.807) is 30.3 Å². The zero-order valence-electron chi connectivity index (χ0n) is 11.2. The van der Waals surface area contributed by atoms with Gasteiger partial charge in [0.1, 0.15) is 0 Å². The van der Waals surface area contributed by atoms with Gasteiger partial charge in [0.2, 0.25) is 0 Å². The van der Waals surface area contributed by atoms with Crippen LogP contribution in [0, 0.1) is 0 Å². The second kappa shape index (κ2) is 6.90. The number of halogens is 1. The largest absolute Gasteiger partial charge is 0.504 e. The second-order valence-corrected chi connectivity index (χ2v) is 4.96. The van der Waals surface area contributed by atoms with Crippen LogP contribution in [0.5, 0.6) is 11.5 Å². The molecule has 6 heteroatoms. The molecule has 5 nitrogen and oxygen atoms in total. The van der Waals surface area contributed by atoms with E-state index >= 15 is 0 Å². The average Bonchev–Trinajstić information content (AvgIpc) is 2.48. The van der Waals surface area contributed by atoms with Crippen molar-refractivity contribution in [3.63, 3.8) is 0 Å². The van der Waals surface area contributed by atoms with Gasteiger partial charge in [-0.05, 0) is 51.8 Å². The molecule has 0 fully saturated rings. The lowest BCUT2D eigenvalue weighted by Crippen LogP contribution is -2.18. The standard InChI is InChI=1S/C15H13BrN2O3/c1-21-14-7-6-10(8-13(14)19)9-17-18-15(20)11-4-2-3-5-12(11)16/h2-9,19H,1H3,(H,18,20). The topological polar surface area (TPSA) is 70.9 Å². The van der Waals surface area contributed by atoms with Crippen LogP contribution in [0.15, 0.2) is 52.0 Å². The summed E-state index contributed by atoms with van der Waals surface area (Å²) in [5.74, 6) is 0.0689. The van der Waals surface area contributed by atoms with Gasteiger partial charge in [-0.3, -0.25) is 4.79 Å². The molecule has 1 amide bonds. The van der Waals surface area contributed by atoms with Gasteiger partial charge in [-0.15, -0.1) is 0 Å². The molecule has 2 rings (SSSR count). The Morgan fingerprint density at radius 2 is 2.10 bits per heavy atom. The first-order chi connectivity index (χ1) is 10.1. The maximum atomic E-state index is 11.9. The molecule has 0 saturated carbocycles. The number of hydrogen-bond acceptors (Lipinski definition) is 4. The summed E-state index contributed by atoms with van der Waals surface area (Å²) in [5.41, 5.74) is 3.56. The highest BCUT2D eigenvalue weighted by atomic mass is 79.9. The molecule has 0 saturated heterocycles. The molecule has 0 aliphatic heterocycles. The number of phenols is 1. The number of rotatable bonds is 4. The third-order valence-electron chi connectivity index (χ3n) is 2.70. The first kappa shape index (κ1) is 15.1. The van der Waals surface area contributed by atoms with Crippen LogP contribution in [-0.2, 0) is 0 Å². The summed E-state index contributed by atoms with van der Waals surface area (Å²) in [4.78, 5) is 11.9. The zero-order valence-corrected chi connectivity index (χ0v) is 12.8. The minimum Gasteiger partial charge on any atom is -0.504 e. The molecule has 21 heavy (non-hydrogen) atoms. The fourth-order valence-electron chi connectivity index (χ4n) is 1.66. The van der Waals surface area contributed by atoms with Crippen LogP contribution < -0.4 is 10.2 Å². The summed E-state index contributed by atoms with van der Waals surface area (Å²) in [6.45, 7) is 0. The Balaban J connectivity index is 2.04. The highest BCUT2D eigenvalue weighted by molar-refractivity contribution is 9.10. The van der Waals surface area contributed by atoms with Gasteiger partial charge in [-0.2, -0.15) is 5.10 Å². The number of carbonyl (C=O) groups is 1. The third kappa shape index (κ3) is 3.82. The van der Waals surface area contributed by atoms with Crippen molar-refractivity contribution in [2.24, 2.45) is 5.10 Å². The van der Waals surface area contributed by atoms with Crippen LogP contribution in [0.4, 0.5) is 0 Å². The summed E-state index contributed by atoms with van der Waals surface area (Å²) in [5, 5.41) is 13.5. The molecular formula is C15H13BrN2O3. The average molecular weight is 349 g/mol. The molecule has 0 heterocycles. The molecule has 2 N–H and O–H groups in total. The number of hydrogen-bond donors (Lipinski definition) is 2. The second-order valence-electron chi connectivity index (χ2n) is 4.11. The lowest BCUT2D eigenvalue weighted by atomic mass is 10.2. The Hall–Kier alpha value is -2.34. The minimum atomic E-state index is -0.323. The predicted octanol–water partition coefficient (Wildman–Crippen LogP) is 2.93. The Morgan fingerprint density at radius 3 is 2.76 bits per heavy atom. The van der Waals surface area contributed by atoms with Crippen molar-refractivity contribution in [3.8, 4) is 11.5 Å². The van der Waals surface area contributed by atoms with E-state index in [1.807, 2.05) is 6.07 Å². The fourth-order valence-corrected chi connectivity index (χ4v) is 2.12. The van der Waals surface area contributed by atoms with Crippen molar-refractivity contribution in [1.29, 1.82) is 0 Å². The van der Waals surface area contributed by atoms with Gasteiger partial charge in [0.05, 0.1) is 18.9 Å². The number of benzene rings is 2. The Bertz CT molecular complexity index is 686. The summed E-state index contributed by atoms with van der Waals surface area (Å²) in [6, 6.07) is 11.9. The van der Waals surface area contributed by atoms with E-state index in [9.17, 15) is 9.90 Å². The normalized spacial score (nSPS) is 10.6. The number of phenolic OH excluding ortho intramolecular Hbond substituents is 1. The number of hydrazone groups is 1. The number of aromatic hydroxyl groups is 1. The molecule has 0 bridgehead atoms. The predicted molar refractivity (Wildman–Crippen MR) is 83.9 cm³/mol. The monoisotopic (exact) mass is 348 g/mol. The van der Waals surface area contributed by atoms with Gasteiger partial charge in [-0.25, -0.2) is 5.43 Å². The van der Waals surface area contributed by atoms with E-state index in [0.717, 1.165) is 0 Å². The summed E-state index contributed by atoms with van der Waals surface area (Å²) < 4.78 is 5.64. The Morgan fingerprint density at radius 1 is 1.33 bits per heavy atom. The van der Waals surface area contributed by atoms with Gasteiger partial charge >= 0.3 is 0 Å². The highest BCUT2D eigenvalue weighted by Crippen LogP contribution is 2.25. The molecule has 0 aliphatic rings. The SMILES string of the molecule is COc1ccc(C=NNC(=O)c2ccccc2Br)cc1O. The number of nitrogens with zero attached hydrogens (tertiary/aromatic N) is 1. The van der Waals surface area contributed by atoms with E-state index in [-0.39, 0.29) is 11.7 Å². The summed E-state index contributed by atoms with van der Waals surface area (Å²) in [7, 11) is 1.47. The van der Waals surface area contributed by atoms with Crippen LogP contribution in [-0.4, -0.2) is 24.3 Å². The number of ether oxygens (including phenoxy) is 1. The van der Waals surface area contributed by atoms with Gasteiger partial charge in [0.25, 0.3) is 5.91 Å². The lowest BCUT2D eigenvalue weighted by molar-refractivity contribution is 0.0954. The molecule has 0 aromatic heterocycles. The molecule has 0 unspecified atom stereocenters. The van der Waals surface area contributed by atoms with Gasteiger partial charge in [0, 0.05) is 4.47 Å². The van der Waals surface area contributed by atoms with Crippen LogP contribution in [0.3, 0.4) is 0 Å². The molecule has 2 aromatic rings. The molecule has 2 aromatic carbocycles. The summed E-state index contributed by atoms with van der Waals surface area (Å²) >= 11 is 3.30. The van der Waals surface area contributed by atoms with Crippen molar-refractivity contribution in [3.05, 3.63) is 58.1 Å². The van der Waals surface area contributed by atoms with Gasteiger partial charge in [-0.1, -0.05) is 12.1 Å². The fraction of sp³-hybridized carbons (Fsp3) is 0.0667. The number of amides is 1. The van der Waals surface area contributed by atoms with E-state index < -0.39 is 0 Å². The van der Waals surface area contributed by atoms with E-state index in [2.05, 4.69) is 26.5 Å². The molecular weight excluding hydrogens is 336 g/mol. The Labute approximate surface area is 130 Å². The third-order valence-corrected chi connectivity index (χ3v) is 3.39. The number of methoxy groups -OCH3 is 1. The first-order valence-corrected chi connectivity index (χ1v) is 6.86. The van der Waals surface area contributed by atoms with E-state index in [1.165, 1.54) is 19.4 Å². The zero-order chi connectivity index (χ0) is 15.2. The van der Waals surface area contributed by atoms with Gasteiger partial charge < -0.3 is 9.84 Å². The molecule has 0 radical (unpaired) electrons. The van der Waals surface area contributed by atoms with Crippen LogP contribution in [0.1, 0.15) is 15.9 Å². The van der Waals surface area contributed by atoms with Crippen LogP contribution in [0.2, 0.25) is 0 Å². The molecule has 0 spiro atoms. The smallest absolute Gasteiger partial charge is 0.272 e. The van der Waals surface area contributed by atoms with Crippen molar-refractivity contribution in [2.45, 2.75) is 0 Å². The lowest BCUT2D eigenvalue weighted by Gasteiger charge is -2.04. The van der Waals surface area contributed by atoms with Crippen molar-refractivity contribution < 1.29 is 14.6 Å². The highest BCUT2D eigenvalue weighted by Gasteiger charge is 2.07. The quantitative estimate of drug-likeness (QED) is 0.659.